The average molecular weight is 370 g/mol. The average Bonchev–Trinajstić information content (AvgIpc) is 2.98. The molecule has 5 nitrogen and oxygen atoms in total. The number of rotatable bonds is 2. The van der Waals surface area contributed by atoms with Crippen LogP contribution in [0.25, 0.3) is 0 Å². The zero-order chi connectivity index (χ0) is 18.3. The highest BCUT2D eigenvalue weighted by Gasteiger charge is 2.32. The molecule has 0 bridgehead atoms. The van der Waals surface area contributed by atoms with Crippen molar-refractivity contribution in [1.29, 1.82) is 5.26 Å². The van der Waals surface area contributed by atoms with Gasteiger partial charge in [0, 0.05) is 11.3 Å². The molecule has 0 saturated heterocycles. The number of hydrogen-bond donors (Lipinski definition) is 1. The minimum absolute atomic E-state index is 0.109. The maximum Gasteiger partial charge on any atom is 0.339 e. The number of aryl methyl sites for hydroxylation is 1. The number of ether oxygens (including phenoxy) is 1. The van der Waals surface area contributed by atoms with E-state index in [9.17, 15) is 19.2 Å². The van der Waals surface area contributed by atoms with Gasteiger partial charge < -0.3 is 10.1 Å². The van der Waals surface area contributed by atoms with Crippen molar-refractivity contribution in [2.45, 2.75) is 38.2 Å². The number of cyclic esters (lactones) is 1. The molecule has 26 heavy (non-hydrogen) atoms. The van der Waals surface area contributed by atoms with E-state index in [1.54, 1.807) is 0 Å². The van der Waals surface area contributed by atoms with Gasteiger partial charge in [-0.25, -0.2) is 9.18 Å². The van der Waals surface area contributed by atoms with Gasteiger partial charge in [0.25, 0.3) is 5.91 Å². The van der Waals surface area contributed by atoms with Gasteiger partial charge in [-0.15, -0.1) is 11.3 Å². The monoisotopic (exact) mass is 370 g/mol. The number of hydrogen-bond acceptors (Lipinski definition) is 5. The lowest BCUT2D eigenvalue weighted by molar-refractivity contribution is -0.125. The highest BCUT2D eigenvalue weighted by Crippen LogP contribution is 2.38. The van der Waals surface area contributed by atoms with Crippen LogP contribution in [0.3, 0.4) is 0 Å². The van der Waals surface area contributed by atoms with Gasteiger partial charge in [0.05, 0.1) is 11.1 Å². The lowest BCUT2D eigenvalue weighted by Crippen LogP contribution is -2.38. The third-order valence-corrected chi connectivity index (χ3v) is 5.96. The normalized spacial score (nSPS) is 18.3. The van der Waals surface area contributed by atoms with Crippen LogP contribution in [0.5, 0.6) is 0 Å². The van der Waals surface area contributed by atoms with Crippen LogP contribution in [0.15, 0.2) is 18.2 Å². The molecule has 1 aromatic carbocycles. The molecule has 1 aliphatic carbocycles. The Morgan fingerprint density at radius 2 is 2.15 bits per heavy atom. The molecule has 2 aromatic rings. The first kappa shape index (κ1) is 16.7. The van der Waals surface area contributed by atoms with E-state index in [0.717, 1.165) is 36.1 Å². The van der Waals surface area contributed by atoms with Gasteiger partial charge in [0.2, 0.25) is 0 Å². The molecule has 1 N–H and O–H groups in total. The Labute approximate surface area is 153 Å². The molecule has 0 fully saturated rings. The number of benzene rings is 1. The van der Waals surface area contributed by atoms with E-state index in [1.165, 1.54) is 29.5 Å². The summed E-state index contributed by atoms with van der Waals surface area (Å²) in [5.41, 5.74) is 2.26. The van der Waals surface area contributed by atoms with Crippen LogP contribution >= 0.6 is 11.3 Å². The predicted molar refractivity (Wildman–Crippen MR) is 93.6 cm³/mol. The third kappa shape index (κ3) is 2.86. The number of nitrogens with zero attached hydrogens (tertiary/aromatic N) is 1. The van der Waals surface area contributed by atoms with Crippen molar-refractivity contribution in [1.82, 2.24) is 0 Å². The molecule has 2 heterocycles. The number of fused-ring (bicyclic) bond motifs is 2. The van der Waals surface area contributed by atoms with Crippen molar-refractivity contribution in [3.63, 3.8) is 0 Å². The molecular weight excluding hydrogens is 355 g/mol. The molecule has 7 heteroatoms. The van der Waals surface area contributed by atoms with Crippen molar-refractivity contribution in [2.24, 2.45) is 0 Å². The number of thiophene rings is 1. The smallest absolute Gasteiger partial charge is 0.339 e. The molecular formula is C19H15FN2O3S. The maximum atomic E-state index is 13.4. The lowest BCUT2D eigenvalue weighted by Gasteiger charge is -2.23. The lowest BCUT2D eigenvalue weighted by atomic mass is 9.96. The van der Waals surface area contributed by atoms with E-state index in [2.05, 4.69) is 11.4 Å². The second-order valence-electron chi connectivity index (χ2n) is 6.42. The number of esters is 1. The Morgan fingerprint density at radius 3 is 2.96 bits per heavy atom. The fourth-order valence-corrected chi connectivity index (χ4v) is 4.72. The van der Waals surface area contributed by atoms with Crippen molar-refractivity contribution < 1.29 is 18.7 Å². The van der Waals surface area contributed by atoms with Gasteiger partial charge in [0.15, 0.2) is 6.10 Å². The van der Waals surface area contributed by atoms with Crippen LogP contribution in [0.1, 0.15) is 44.8 Å². The Morgan fingerprint density at radius 1 is 1.35 bits per heavy atom. The minimum Gasteiger partial charge on any atom is -0.448 e. The maximum absolute atomic E-state index is 13.4. The van der Waals surface area contributed by atoms with Gasteiger partial charge in [-0.05, 0) is 55.0 Å². The summed E-state index contributed by atoms with van der Waals surface area (Å²) < 4.78 is 18.6. The van der Waals surface area contributed by atoms with E-state index in [1.807, 2.05) is 0 Å². The largest absolute Gasteiger partial charge is 0.448 e. The molecule has 0 radical (unpaired) electrons. The van der Waals surface area contributed by atoms with Gasteiger partial charge in [-0.1, -0.05) is 0 Å². The third-order valence-electron chi connectivity index (χ3n) is 4.75. The number of nitriles is 1. The fraction of sp³-hybridized carbons (Fsp3) is 0.316. The molecule has 4 rings (SSSR count). The van der Waals surface area contributed by atoms with E-state index < -0.39 is 23.8 Å². The predicted octanol–water partition coefficient (Wildman–Crippen LogP) is 3.36. The first-order valence-electron chi connectivity index (χ1n) is 8.41. The number of nitrogens with one attached hydrogen (secondary N) is 1. The van der Waals surface area contributed by atoms with Crippen molar-refractivity contribution in [2.75, 3.05) is 5.32 Å². The van der Waals surface area contributed by atoms with Crippen LogP contribution in [-0.2, 0) is 28.8 Å². The quantitative estimate of drug-likeness (QED) is 0.822. The summed E-state index contributed by atoms with van der Waals surface area (Å²) in [6.07, 6.45) is 2.94. The van der Waals surface area contributed by atoms with Crippen LogP contribution in [-0.4, -0.2) is 18.0 Å². The summed E-state index contributed by atoms with van der Waals surface area (Å²) in [6.45, 7) is 0. The Bertz CT molecular complexity index is 960. The van der Waals surface area contributed by atoms with E-state index in [0.29, 0.717) is 16.1 Å². The highest BCUT2D eigenvalue weighted by molar-refractivity contribution is 7.16. The molecule has 132 valence electrons. The van der Waals surface area contributed by atoms with Gasteiger partial charge >= 0.3 is 5.97 Å². The Hall–Kier alpha value is -2.72. The van der Waals surface area contributed by atoms with Gasteiger partial charge in [0.1, 0.15) is 16.9 Å². The summed E-state index contributed by atoms with van der Waals surface area (Å²) in [5.74, 6) is -1.60. The summed E-state index contributed by atoms with van der Waals surface area (Å²) in [5, 5.41) is 12.7. The molecule has 1 aromatic heterocycles. The van der Waals surface area contributed by atoms with Crippen LogP contribution in [0.4, 0.5) is 9.39 Å². The summed E-state index contributed by atoms with van der Waals surface area (Å²) in [4.78, 5) is 25.8. The fourth-order valence-electron chi connectivity index (χ4n) is 3.48. The number of halogens is 1. The summed E-state index contributed by atoms with van der Waals surface area (Å²) >= 11 is 1.41. The van der Waals surface area contributed by atoms with Gasteiger partial charge in [-0.3, -0.25) is 4.79 Å². The van der Waals surface area contributed by atoms with E-state index in [4.69, 9.17) is 4.74 Å². The standard InChI is InChI=1S/C19H15FN2O3S/c20-11-5-6-12-10(7-11)8-15(25-19(12)24)17(23)22-18-14(9-21)13-3-1-2-4-16(13)26-18/h5-7,15H,1-4,8H2,(H,22,23). The first-order chi connectivity index (χ1) is 12.6. The van der Waals surface area contributed by atoms with Crippen LogP contribution in [0, 0.1) is 17.1 Å². The number of carbonyl (C=O) groups excluding carboxylic acids is 2. The van der Waals surface area contributed by atoms with Crippen LogP contribution < -0.4 is 5.32 Å². The highest BCUT2D eigenvalue weighted by atomic mass is 32.1. The SMILES string of the molecule is N#Cc1c(NC(=O)C2Cc3cc(F)ccc3C(=O)O2)sc2c1CCCC2. The molecule has 1 atom stereocenters. The van der Waals surface area contributed by atoms with Crippen molar-refractivity contribution in [3.05, 3.63) is 51.1 Å². The summed E-state index contributed by atoms with van der Waals surface area (Å²) in [7, 11) is 0. The molecule has 2 aliphatic rings. The second-order valence-corrected chi connectivity index (χ2v) is 7.52. The van der Waals surface area contributed by atoms with Crippen LogP contribution in [0.2, 0.25) is 0 Å². The van der Waals surface area contributed by atoms with Gasteiger partial charge in [-0.2, -0.15) is 5.26 Å². The molecule has 1 amide bonds. The Balaban J connectivity index is 1.57. The van der Waals surface area contributed by atoms with E-state index >= 15 is 0 Å². The topological polar surface area (TPSA) is 79.2 Å². The zero-order valence-electron chi connectivity index (χ0n) is 13.8. The molecule has 0 spiro atoms. The Kier molecular flexibility index (Phi) is 4.21. The van der Waals surface area contributed by atoms with Crippen molar-refractivity contribution in [3.8, 4) is 6.07 Å². The number of amides is 1. The van der Waals surface area contributed by atoms with E-state index in [-0.39, 0.29) is 12.0 Å². The second kappa shape index (κ2) is 6.54. The van der Waals surface area contributed by atoms with Crippen molar-refractivity contribution >= 4 is 28.2 Å². The molecule has 0 saturated carbocycles. The minimum atomic E-state index is -1.04. The molecule has 1 unspecified atom stereocenters. The zero-order valence-corrected chi connectivity index (χ0v) is 14.6. The summed E-state index contributed by atoms with van der Waals surface area (Å²) in [6, 6.07) is 5.99. The number of anilines is 1. The molecule has 1 aliphatic heterocycles. The first-order valence-corrected chi connectivity index (χ1v) is 9.23. The number of carbonyl (C=O) groups is 2.